The first-order chi connectivity index (χ1) is 18.5. The van der Waals surface area contributed by atoms with Gasteiger partial charge in [-0.05, 0) is 36.5 Å². The number of hydrogen-bond donors (Lipinski definition) is 1. The molecule has 5 aliphatic rings. The van der Waals surface area contributed by atoms with Crippen molar-refractivity contribution in [3.63, 3.8) is 0 Å². The summed E-state index contributed by atoms with van der Waals surface area (Å²) < 4.78 is 5.24. The highest BCUT2D eigenvalue weighted by molar-refractivity contribution is 6.13. The number of nitrogens with zero attached hydrogens (tertiary/aromatic N) is 1. The Bertz CT molecular complexity index is 1350. The highest BCUT2D eigenvalue weighted by Crippen LogP contribution is 2.63. The second-order valence-corrected chi connectivity index (χ2v) is 10.7. The molecule has 7 rings (SSSR count). The molecule has 1 fully saturated rings. The van der Waals surface area contributed by atoms with Crippen LogP contribution in [0.15, 0.2) is 95.6 Å². The van der Waals surface area contributed by atoms with Gasteiger partial charge in [0.25, 0.3) is 5.91 Å². The van der Waals surface area contributed by atoms with Gasteiger partial charge in [0.05, 0.1) is 18.1 Å². The van der Waals surface area contributed by atoms with Crippen molar-refractivity contribution in [2.45, 2.75) is 56.0 Å². The Kier molecular flexibility index (Phi) is 5.86. The van der Waals surface area contributed by atoms with Crippen LogP contribution in [0.2, 0.25) is 0 Å². The molecule has 38 heavy (non-hydrogen) atoms. The molecule has 2 unspecified atom stereocenters. The fourth-order valence-electron chi connectivity index (χ4n) is 7.29. The zero-order chi connectivity index (χ0) is 26.5. The lowest BCUT2D eigenvalue weighted by Crippen LogP contribution is -2.64. The Labute approximate surface area is 223 Å². The molecule has 1 N–H and O–H groups in total. The van der Waals surface area contributed by atoms with Crippen molar-refractivity contribution in [2.24, 2.45) is 5.92 Å². The minimum absolute atomic E-state index is 0.00674. The summed E-state index contributed by atoms with van der Waals surface area (Å²) in [6.45, 7) is 1.79. The van der Waals surface area contributed by atoms with E-state index in [1.165, 1.54) is 12.0 Å². The number of benzene rings is 2. The molecule has 2 atom stereocenters. The summed E-state index contributed by atoms with van der Waals surface area (Å²) in [4.78, 5) is 42.8. The van der Waals surface area contributed by atoms with Crippen LogP contribution in [-0.4, -0.2) is 41.5 Å². The number of esters is 1. The SMILES string of the molecule is COC(=O)C1=CC2C=CC13C(=C(C)C(=O)N3C(=O)NC1CCCCC1)C2(c1ccccc1)c1ccccc1. The first-order valence-corrected chi connectivity index (χ1v) is 13.4. The second-order valence-electron chi connectivity index (χ2n) is 10.7. The zero-order valence-corrected chi connectivity index (χ0v) is 21.8. The highest BCUT2D eigenvalue weighted by atomic mass is 16.5. The topological polar surface area (TPSA) is 75.7 Å². The molecular weight excluding hydrogens is 476 g/mol. The number of methoxy groups -OCH3 is 1. The molecular formula is C32H32N2O4. The maximum Gasteiger partial charge on any atom is 0.336 e. The monoisotopic (exact) mass is 508 g/mol. The van der Waals surface area contributed by atoms with Gasteiger partial charge in [-0.25, -0.2) is 14.5 Å². The molecule has 194 valence electrons. The Morgan fingerprint density at radius 3 is 2.13 bits per heavy atom. The van der Waals surface area contributed by atoms with Crippen LogP contribution in [0.4, 0.5) is 4.79 Å². The van der Waals surface area contributed by atoms with Crippen molar-refractivity contribution in [3.05, 3.63) is 107 Å². The number of urea groups is 1. The van der Waals surface area contributed by atoms with Crippen LogP contribution in [0.5, 0.6) is 0 Å². The predicted molar refractivity (Wildman–Crippen MR) is 144 cm³/mol. The third kappa shape index (κ3) is 3.22. The van der Waals surface area contributed by atoms with Crippen molar-refractivity contribution in [1.29, 1.82) is 0 Å². The number of ether oxygens (including phenoxy) is 1. The summed E-state index contributed by atoms with van der Waals surface area (Å²) in [5.74, 6) is -1.18. The van der Waals surface area contributed by atoms with Crippen LogP contribution < -0.4 is 5.32 Å². The van der Waals surface area contributed by atoms with E-state index < -0.39 is 23.0 Å². The van der Waals surface area contributed by atoms with Crippen molar-refractivity contribution in [3.8, 4) is 0 Å². The van der Waals surface area contributed by atoms with E-state index in [1.807, 2.05) is 54.6 Å². The number of nitrogens with one attached hydrogen (secondary N) is 1. The minimum Gasteiger partial charge on any atom is -0.466 e. The van der Waals surface area contributed by atoms with E-state index in [0.29, 0.717) is 11.1 Å². The fourth-order valence-corrected chi connectivity index (χ4v) is 7.29. The number of allylic oxidation sites excluding steroid dienone is 2. The van der Waals surface area contributed by atoms with Crippen LogP contribution in [0.1, 0.15) is 50.2 Å². The van der Waals surface area contributed by atoms with E-state index in [-0.39, 0.29) is 17.9 Å². The van der Waals surface area contributed by atoms with E-state index in [0.717, 1.165) is 48.8 Å². The molecule has 3 amide bonds. The van der Waals surface area contributed by atoms with E-state index >= 15 is 0 Å². The number of rotatable bonds is 4. The van der Waals surface area contributed by atoms with Gasteiger partial charge < -0.3 is 10.1 Å². The van der Waals surface area contributed by atoms with Gasteiger partial charge >= 0.3 is 12.0 Å². The summed E-state index contributed by atoms with van der Waals surface area (Å²) in [5.41, 5.74) is 1.39. The average molecular weight is 509 g/mol. The van der Waals surface area contributed by atoms with Crippen molar-refractivity contribution in [1.82, 2.24) is 10.2 Å². The summed E-state index contributed by atoms with van der Waals surface area (Å²) in [6, 6.07) is 19.7. The summed E-state index contributed by atoms with van der Waals surface area (Å²) >= 11 is 0. The van der Waals surface area contributed by atoms with E-state index in [9.17, 15) is 14.4 Å². The zero-order valence-electron chi connectivity index (χ0n) is 21.8. The molecule has 2 aromatic carbocycles. The van der Waals surface area contributed by atoms with Gasteiger partial charge in [0, 0.05) is 17.5 Å². The van der Waals surface area contributed by atoms with Crippen LogP contribution >= 0.6 is 0 Å². The lowest BCUT2D eigenvalue weighted by atomic mass is 9.49. The lowest BCUT2D eigenvalue weighted by molar-refractivity contribution is -0.137. The van der Waals surface area contributed by atoms with Gasteiger partial charge in [0.2, 0.25) is 0 Å². The molecule has 6 nitrogen and oxygen atoms in total. The number of amides is 3. The summed E-state index contributed by atoms with van der Waals surface area (Å²) in [7, 11) is 1.34. The highest BCUT2D eigenvalue weighted by Gasteiger charge is 2.68. The van der Waals surface area contributed by atoms with Gasteiger partial charge in [-0.2, -0.15) is 0 Å². The molecule has 0 radical (unpaired) electrons. The first-order valence-electron chi connectivity index (χ1n) is 13.4. The molecule has 4 aliphatic carbocycles. The molecule has 6 heteroatoms. The van der Waals surface area contributed by atoms with E-state index in [4.69, 9.17) is 4.74 Å². The van der Waals surface area contributed by atoms with Gasteiger partial charge in [-0.1, -0.05) is 98.2 Å². The van der Waals surface area contributed by atoms with Crippen LogP contribution in [-0.2, 0) is 19.7 Å². The van der Waals surface area contributed by atoms with Gasteiger partial charge in [-0.15, -0.1) is 0 Å². The number of hydrogen-bond acceptors (Lipinski definition) is 4. The van der Waals surface area contributed by atoms with Gasteiger partial charge in [0.1, 0.15) is 5.54 Å². The summed E-state index contributed by atoms with van der Waals surface area (Å²) in [5, 5.41) is 3.13. The lowest BCUT2D eigenvalue weighted by Gasteiger charge is -2.55. The molecule has 1 spiro atoms. The Balaban J connectivity index is 1.61. The molecule has 0 saturated heterocycles. The van der Waals surface area contributed by atoms with Crippen LogP contribution in [0.3, 0.4) is 0 Å². The van der Waals surface area contributed by atoms with Gasteiger partial charge in [-0.3, -0.25) is 4.79 Å². The molecule has 2 bridgehead atoms. The normalized spacial score (nSPS) is 25.7. The molecule has 1 aliphatic heterocycles. The van der Waals surface area contributed by atoms with Crippen molar-refractivity contribution in [2.75, 3.05) is 7.11 Å². The second kappa shape index (κ2) is 9.12. The molecule has 1 heterocycles. The van der Waals surface area contributed by atoms with Crippen LogP contribution in [0, 0.1) is 5.92 Å². The Hall–Kier alpha value is -3.93. The van der Waals surface area contributed by atoms with Crippen molar-refractivity contribution < 1.29 is 19.1 Å². The minimum atomic E-state index is -1.38. The number of imide groups is 1. The number of carbonyl (C=O) groups excluding carboxylic acids is 3. The molecule has 0 aromatic heterocycles. The number of carbonyl (C=O) groups is 3. The third-order valence-electron chi connectivity index (χ3n) is 8.83. The maximum absolute atomic E-state index is 14.1. The maximum atomic E-state index is 14.1. The predicted octanol–water partition coefficient (Wildman–Crippen LogP) is 5.21. The standard InChI is InChI=1S/C32H32N2O4/c1-21-27-31(34(28(21)35)30(37)33-25-16-10-5-11-17-25)19-18-24(20-26(31)29(36)38-2)32(27,22-12-6-3-7-13-22)23-14-8-4-9-15-23/h3-4,6-9,12-15,18-20,24-25H,5,10-11,16-17H2,1-2H3,(H,33,37). The van der Waals surface area contributed by atoms with Crippen molar-refractivity contribution >= 4 is 17.9 Å². The van der Waals surface area contributed by atoms with E-state index in [2.05, 4.69) is 29.6 Å². The third-order valence-corrected chi connectivity index (χ3v) is 8.83. The molecule has 2 aromatic rings. The molecule has 1 saturated carbocycles. The average Bonchev–Trinajstić information content (AvgIpc) is 3.20. The largest absolute Gasteiger partial charge is 0.466 e. The quantitative estimate of drug-likeness (QED) is 0.454. The van der Waals surface area contributed by atoms with Crippen LogP contribution in [0.25, 0.3) is 0 Å². The first kappa shape index (κ1) is 24.4. The van der Waals surface area contributed by atoms with E-state index in [1.54, 1.807) is 6.92 Å². The van der Waals surface area contributed by atoms with Gasteiger partial charge in [0.15, 0.2) is 0 Å². The Morgan fingerprint density at radius 1 is 0.947 bits per heavy atom. The summed E-state index contributed by atoms with van der Waals surface area (Å²) in [6.07, 6.45) is 10.8. The smallest absolute Gasteiger partial charge is 0.336 e. The fraction of sp³-hybridized carbons (Fsp3) is 0.344. The Morgan fingerprint density at radius 2 is 1.55 bits per heavy atom.